The van der Waals surface area contributed by atoms with Crippen molar-refractivity contribution in [3.8, 4) is 0 Å². The highest BCUT2D eigenvalue weighted by atomic mass is 35.5. The van der Waals surface area contributed by atoms with Crippen LogP contribution in [-0.4, -0.2) is 35.3 Å². The first-order valence-corrected chi connectivity index (χ1v) is 8.60. The van der Waals surface area contributed by atoms with E-state index in [0.29, 0.717) is 28.3 Å². The minimum atomic E-state index is 0.0449. The van der Waals surface area contributed by atoms with Gasteiger partial charge >= 0.3 is 0 Å². The molecule has 0 bridgehead atoms. The number of halogens is 2. The molecule has 7 heteroatoms. The van der Waals surface area contributed by atoms with Crippen LogP contribution >= 0.6 is 35.4 Å². The summed E-state index contributed by atoms with van der Waals surface area (Å²) in [5.74, 6) is 0. The molecule has 1 heterocycles. The molecular weight excluding hydrogens is 365 g/mol. The number of rotatable bonds is 6. The zero-order valence-electron chi connectivity index (χ0n) is 13.5. The normalized spacial score (nSPS) is 11.8. The monoisotopic (exact) mass is 383 g/mol. The Balaban J connectivity index is 2.18. The predicted octanol–water partition coefficient (Wildman–Crippen LogP) is 4.79. The molecule has 2 rings (SSSR count). The zero-order chi connectivity index (χ0) is 17.5. The first-order chi connectivity index (χ1) is 11.5. The second-order valence-corrected chi connectivity index (χ2v) is 6.50. The van der Waals surface area contributed by atoms with E-state index in [-0.39, 0.29) is 6.04 Å². The van der Waals surface area contributed by atoms with Crippen molar-refractivity contribution in [3.05, 3.63) is 58.3 Å². The van der Waals surface area contributed by atoms with Gasteiger partial charge in [-0.15, -0.1) is 0 Å². The van der Waals surface area contributed by atoms with Crippen LogP contribution in [0.2, 0.25) is 10.0 Å². The van der Waals surface area contributed by atoms with Crippen molar-refractivity contribution in [2.24, 2.45) is 0 Å². The van der Waals surface area contributed by atoms with Crippen LogP contribution in [0.3, 0.4) is 0 Å². The molecule has 1 aromatic heterocycles. The van der Waals surface area contributed by atoms with Gasteiger partial charge < -0.3 is 15.0 Å². The van der Waals surface area contributed by atoms with Gasteiger partial charge in [-0.25, -0.2) is 0 Å². The molecule has 0 radical (unpaired) electrons. The van der Waals surface area contributed by atoms with Crippen molar-refractivity contribution >= 4 is 46.2 Å². The quantitative estimate of drug-likeness (QED) is 0.725. The maximum atomic E-state index is 6.05. The maximum Gasteiger partial charge on any atom is 0.174 e. The van der Waals surface area contributed by atoms with Crippen LogP contribution in [0.5, 0.6) is 0 Å². The molecular formula is C17H19Cl2N3OS. The fourth-order valence-corrected chi connectivity index (χ4v) is 3.18. The van der Waals surface area contributed by atoms with Crippen molar-refractivity contribution in [1.29, 1.82) is 0 Å². The minimum absolute atomic E-state index is 0.0449. The van der Waals surface area contributed by atoms with E-state index in [4.69, 9.17) is 40.2 Å². The molecule has 0 aliphatic rings. The lowest BCUT2D eigenvalue weighted by Gasteiger charge is -2.32. The van der Waals surface area contributed by atoms with E-state index in [1.54, 1.807) is 31.5 Å². The van der Waals surface area contributed by atoms with E-state index in [0.717, 1.165) is 11.3 Å². The predicted molar refractivity (Wildman–Crippen MR) is 104 cm³/mol. The summed E-state index contributed by atoms with van der Waals surface area (Å²) >= 11 is 17.7. The average molecular weight is 384 g/mol. The number of methoxy groups -OCH3 is 1. The van der Waals surface area contributed by atoms with Crippen LogP contribution in [0.4, 0.5) is 5.69 Å². The molecule has 0 amide bonds. The third kappa shape index (κ3) is 5.31. The van der Waals surface area contributed by atoms with Crippen LogP contribution in [0.15, 0.2) is 42.7 Å². The van der Waals surface area contributed by atoms with Gasteiger partial charge in [0.1, 0.15) is 0 Å². The molecule has 1 aromatic carbocycles. The highest BCUT2D eigenvalue weighted by molar-refractivity contribution is 7.80. The third-order valence-electron chi connectivity index (χ3n) is 3.55. The second-order valence-electron chi connectivity index (χ2n) is 5.24. The molecule has 1 N–H and O–H groups in total. The molecule has 0 saturated carbocycles. The van der Waals surface area contributed by atoms with Gasteiger partial charge in [0.15, 0.2) is 5.11 Å². The van der Waals surface area contributed by atoms with Gasteiger partial charge in [0.05, 0.1) is 12.6 Å². The molecule has 0 saturated heterocycles. The lowest BCUT2D eigenvalue weighted by Crippen LogP contribution is -2.39. The number of nitrogens with one attached hydrogen (secondary N) is 1. The summed E-state index contributed by atoms with van der Waals surface area (Å²) in [5.41, 5.74) is 1.82. The van der Waals surface area contributed by atoms with Crippen molar-refractivity contribution in [2.45, 2.75) is 13.0 Å². The number of pyridine rings is 1. The number of hydrogen-bond acceptors (Lipinski definition) is 3. The Hall–Kier alpha value is -1.40. The Morgan fingerprint density at radius 3 is 2.62 bits per heavy atom. The summed E-state index contributed by atoms with van der Waals surface area (Å²) in [6, 6.07) is 9.22. The number of benzene rings is 1. The smallest absolute Gasteiger partial charge is 0.174 e. The van der Waals surface area contributed by atoms with E-state index in [9.17, 15) is 0 Å². The first kappa shape index (κ1) is 18.9. The van der Waals surface area contributed by atoms with Crippen molar-refractivity contribution in [1.82, 2.24) is 9.88 Å². The fourth-order valence-electron chi connectivity index (χ4n) is 2.29. The Kier molecular flexibility index (Phi) is 7.24. The van der Waals surface area contributed by atoms with Crippen LogP contribution in [-0.2, 0) is 4.74 Å². The molecule has 2 aromatic rings. The largest absolute Gasteiger partial charge is 0.383 e. The highest BCUT2D eigenvalue weighted by Gasteiger charge is 2.19. The topological polar surface area (TPSA) is 37.4 Å². The Morgan fingerprint density at radius 2 is 2.04 bits per heavy atom. The molecule has 128 valence electrons. The van der Waals surface area contributed by atoms with Crippen molar-refractivity contribution < 1.29 is 4.74 Å². The number of ether oxygens (including phenoxy) is 1. The molecule has 0 unspecified atom stereocenters. The number of aromatic nitrogens is 1. The summed E-state index contributed by atoms with van der Waals surface area (Å²) in [7, 11) is 1.67. The average Bonchev–Trinajstić information content (AvgIpc) is 2.54. The van der Waals surface area contributed by atoms with E-state index >= 15 is 0 Å². The number of nitrogens with zero attached hydrogens (tertiary/aromatic N) is 2. The van der Waals surface area contributed by atoms with E-state index in [2.05, 4.69) is 17.2 Å². The van der Waals surface area contributed by atoms with E-state index in [1.807, 2.05) is 23.2 Å². The van der Waals surface area contributed by atoms with Gasteiger partial charge in [-0.1, -0.05) is 29.3 Å². The summed E-state index contributed by atoms with van der Waals surface area (Å²) in [6.45, 7) is 3.28. The molecule has 24 heavy (non-hydrogen) atoms. The van der Waals surface area contributed by atoms with Crippen molar-refractivity contribution in [3.63, 3.8) is 0 Å². The van der Waals surface area contributed by atoms with Crippen molar-refractivity contribution in [2.75, 3.05) is 25.6 Å². The first-order valence-electron chi connectivity index (χ1n) is 7.44. The van der Waals surface area contributed by atoms with Gasteiger partial charge in [0.25, 0.3) is 0 Å². The minimum Gasteiger partial charge on any atom is -0.383 e. The number of thiocarbonyl (C=S) groups is 1. The molecule has 1 atom stereocenters. The molecule has 0 fully saturated rings. The lowest BCUT2D eigenvalue weighted by atomic mass is 10.1. The van der Waals surface area contributed by atoms with Crippen LogP contribution < -0.4 is 5.32 Å². The lowest BCUT2D eigenvalue weighted by molar-refractivity contribution is 0.165. The van der Waals surface area contributed by atoms with Crippen LogP contribution in [0.1, 0.15) is 18.5 Å². The standard InChI is InChI=1S/C17H19Cl2N3OS/c1-12(13-4-3-5-20-11-13)22(6-7-23-2)17(24)21-16-9-14(18)8-15(19)10-16/h3-5,8-12H,6-7H2,1-2H3,(H,21,24)/t12-/m0/s1. The Labute approximate surface area is 157 Å². The SMILES string of the molecule is COCCN(C(=S)Nc1cc(Cl)cc(Cl)c1)[C@@H](C)c1cccnc1. The van der Waals surface area contributed by atoms with Crippen LogP contribution in [0, 0.1) is 0 Å². The molecule has 4 nitrogen and oxygen atoms in total. The summed E-state index contributed by atoms with van der Waals surface area (Å²) in [6.07, 6.45) is 3.59. The summed E-state index contributed by atoms with van der Waals surface area (Å²) in [4.78, 5) is 6.22. The number of anilines is 1. The van der Waals surface area contributed by atoms with Gasteiger partial charge in [0, 0.05) is 41.8 Å². The molecule has 0 aliphatic heterocycles. The second kappa shape index (κ2) is 9.18. The van der Waals surface area contributed by atoms with Gasteiger partial charge in [-0.3, -0.25) is 4.98 Å². The van der Waals surface area contributed by atoms with E-state index < -0.39 is 0 Å². The Bertz CT molecular complexity index is 665. The number of hydrogen-bond donors (Lipinski definition) is 1. The Morgan fingerprint density at radius 1 is 1.33 bits per heavy atom. The summed E-state index contributed by atoms with van der Waals surface area (Å²) in [5, 5.41) is 4.87. The van der Waals surface area contributed by atoms with Gasteiger partial charge in [-0.2, -0.15) is 0 Å². The van der Waals surface area contributed by atoms with Gasteiger partial charge in [0.2, 0.25) is 0 Å². The zero-order valence-corrected chi connectivity index (χ0v) is 15.8. The highest BCUT2D eigenvalue weighted by Crippen LogP contribution is 2.24. The maximum absolute atomic E-state index is 6.05. The summed E-state index contributed by atoms with van der Waals surface area (Å²) < 4.78 is 5.21. The molecule has 0 aliphatic carbocycles. The van der Waals surface area contributed by atoms with Crippen LogP contribution in [0.25, 0.3) is 0 Å². The molecule has 0 spiro atoms. The van der Waals surface area contributed by atoms with E-state index in [1.165, 1.54) is 0 Å². The third-order valence-corrected chi connectivity index (χ3v) is 4.32. The van der Waals surface area contributed by atoms with Gasteiger partial charge in [-0.05, 0) is 49.0 Å². The fraction of sp³-hybridized carbons (Fsp3) is 0.294.